The highest BCUT2D eigenvalue weighted by Gasteiger charge is 2.32. The van der Waals surface area contributed by atoms with E-state index >= 15 is 0 Å². The molecule has 2 amide bonds. The zero-order valence-electron chi connectivity index (χ0n) is 21.9. The molecule has 1 N–H and O–H groups in total. The fourth-order valence-electron chi connectivity index (χ4n) is 4.63. The Morgan fingerprint density at radius 2 is 1.77 bits per heavy atom. The Bertz CT molecular complexity index is 1270. The SMILES string of the molecule is CC(C(=O)NC1CCCC1)N(Cc1ccccc1Cl)C(=O)CCCN(c1cccc(C(F)(F)F)c1)S(C)(=O)=O. The van der Waals surface area contributed by atoms with E-state index in [0.29, 0.717) is 10.6 Å². The van der Waals surface area contributed by atoms with Gasteiger partial charge in [-0.3, -0.25) is 13.9 Å². The molecule has 0 saturated heterocycles. The number of rotatable bonds is 11. The minimum absolute atomic E-state index is 0.0259. The summed E-state index contributed by atoms with van der Waals surface area (Å²) in [7, 11) is -3.94. The van der Waals surface area contributed by atoms with Crippen molar-refractivity contribution >= 4 is 39.1 Å². The van der Waals surface area contributed by atoms with Crippen LogP contribution in [0.1, 0.15) is 56.6 Å². The first-order valence-electron chi connectivity index (χ1n) is 12.8. The van der Waals surface area contributed by atoms with Crippen molar-refractivity contribution in [1.29, 1.82) is 0 Å². The molecule has 2 aromatic rings. The van der Waals surface area contributed by atoms with E-state index in [0.717, 1.165) is 54.4 Å². The molecule has 1 aliphatic carbocycles. The van der Waals surface area contributed by atoms with Crippen molar-refractivity contribution in [3.63, 3.8) is 0 Å². The zero-order valence-corrected chi connectivity index (χ0v) is 23.5. The normalized spacial score (nSPS) is 15.1. The topological polar surface area (TPSA) is 86.8 Å². The first-order valence-corrected chi connectivity index (χ1v) is 15.0. The van der Waals surface area contributed by atoms with Gasteiger partial charge in [0.05, 0.1) is 17.5 Å². The van der Waals surface area contributed by atoms with Gasteiger partial charge in [0.15, 0.2) is 0 Å². The molecule has 1 aliphatic rings. The number of anilines is 1. The highest BCUT2D eigenvalue weighted by Crippen LogP contribution is 2.32. The van der Waals surface area contributed by atoms with E-state index in [2.05, 4.69) is 5.32 Å². The molecule has 0 bridgehead atoms. The van der Waals surface area contributed by atoms with Gasteiger partial charge in [-0.15, -0.1) is 0 Å². The summed E-state index contributed by atoms with van der Waals surface area (Å²) in [6.45, 7) is 1.49. The molecule has 1 saturated carbocycles. The van der Waals surface area contributed by atoms with Crippen molar-refractivity contribution in [2.75, 3.05) is 17.1 Å². The average molecular weight is 588 g/mol. The maximum absolute atomic E-state index is 13.4. The van der Waals surface area contributed by atoms with Crippen LogP contribution in [0.4, 0.5) is 18.9 Å². The van der Waals surface area contributed by atoms with E-state index in [4.69, 9.17) is 11.6 Å². The third kappa shape index (κ3) is 8.60. The molecule has 12 heteroatoms. The summed E-state index contributed by atoms with van der Waals surface area (Å²) in [5.41, 5.74) is -0.468. The number of alkyl halides is 3. The van der Waals surface area contributed by atoms with Gasteiger partial charge in [0.1, 0.15) is 6.04 Å². The van der Waals surface area contributed by atoms with Crippen LogP contribution in [0.2, 0.25) is 5.02 Å². The molecule has 1 unspecified atom stereocenters. The van der Waals surface area contributed by atoms with E-state index in [1.165, 1.54) is 11.0 Å². The Morgan fingerprint density at radius 3 is 2.38 bits per heavy atom. The van der Waals surface area contributed by atoms with Gasteiger partial charge in [-0.1, -0.05) is 48.7 Å². The number of benzene rings is 2. The molecule has 0 spiro atoms. The molecular weight excluding hydrogens is 555 g/mol. The molecule has 0 heterocycles. The van der Waals surface area contributed by atoms with Gasteiger partial charge in [-0.05, 0) is 56.0 Å². The molecule has 0 aromatic heterocycles. The lowest BCUT2D eigenvalue weighted by molar-refractivity contribution is -0.141. The van der Waals surface area contributed by atoms with E-state index < -0.39 is 33.7 Å². The van der Waals surface area contributed by atoms with Gasteiger partial charge >= 0.3 is 6.18 Å². The van der Waals surface area contributed by atoms with Crippen LogP contribution in [0.5, 0.6) is 0 Å². The minimum atomic E-state index is -4.64. The Hall–Kier alpha value is -2.79. The van der Waals surface area contributed by atoms with E-state index in [1.807, 2.05) is 0 Å². The summed E-state index contributed by atoms with van der Waals surface area (Å²) in [5.74, 6) is -0.689. The largest absolute Gasteiger partial charge is 0.416 e. The van der Waals surface area contributed by atoms with Crippen molar-refractivity contribution in [3.05, 3.63) is 64.7 Å². The molecule has 1 fully saturated rings. The van der Waals surface area contributed by atoms with Gasteiger partial charge < -0.3 is 10.2 Å². The molecule has 1 atom stereocenters. The van der Waals surface area contributed by atoms with Crippen molar-refractivity contribution in [2.45, 2.75) is 70.3 Å². The lowest BCUT2D eigenvalue weighted by atomic mass is 10.1. The summed E-state index contributed by atoms with van der Waals surface area (Å²) in [5, 5.41) is 3.44. The van der Waals surface area contributed by atoms with Crippen LogP contribution in [-0.2, 0) is 32.3 Å². The third-order valence-electron chi connectivity index (χ3n) is 6.78. The van der Waals surface area contributed by atoms with Gasteiger partial charge in [0.25, 0.3) is 0 Å². The summed E-state index contributed by atoms with van der Waals surface area (Å²) in [6, 6.07) is 10.2. The first kappa shape index (κ1) is 30.7. The number of hydrogen-bond acceptors (Lipinski definition) is 4. The highest BCUT2D eigenvalue weighted by molar-refractivity contribution is 7.92. The number of nitrogens with one attached hydrogen (secondary N) is 1. The van der Waals surface area contributed by atoms with Crippen LogP contribution in [0.3, 0.4) is 0 Å². The Labute approximate surface area is 232 Å². The van der Waals surface area contributed by atoms with Gasteiger partial charge in [0.2, 0.25) is 21.8 Å². The van der Waals surface area contributed by atoms with Gasteiger partial charge in [0, 0.05) is 30.6 Å². The maximum atomic E-state index is 13.4. The number of carbonyl (C=O) groups excluding carboxylic acids is 2. The van der Waals surface area contributed by atoms with Crippen LogP contribution < -0.4 is 9.62 Å². The van der Waals surface area contributed by atoms with Crippen molar-refractivity contribution < 1.29 is 31.2 Å². The second-order valence-electron chi connectivity index (χ2n) is 9.77. The highest BCUT2D eigenvalue weighted by atomic mass is 35.5. The molecular formula is C27H33ClF3N3O4S. The smallest absolute Gasteiger partial charge is 0.352 e. The predicted octanol–water partition coefficient (Wildman–Crippen LogP) is 5.38. The fraction of sp³-hybridized carbons (Fsp3) is 0.481. The lowest BCUT2D eigenvalue weighted by Crippen LogP contribution is -2.49. The van der Waals surface area contributed by atoms with Crippen molar-refractivity contribution in [3.8, 4) is 0 Å². The standard InChI is InChI=1S/C27H33ClF3N3O4S/c1-19(26(36)32-22-11-4-5-12-22)33(18-20-9-3-6-14-24(20)28)25(35)15-8-16-34(39(2,37)38)23-13-7-10-21(17-23)27(29,30)31/h3,6-7,9-10,13-14,17,19,22H,4-5,8,11-12,15-16,18H2,1-2H3,(H,32,36). The molecule has 0 aliphatic heterocycles. The second kappa shape index (κ2) is 13.0. The number of amides is 2. The van der Waals surface area contributed by atoms with Gasteiger partial charge in [-0.2, -0.15) is 13.2 Å². The monoisotopic (exact) mass is 587 g/mol. The summed E-state index contributed by atoms with van der Waals surface area (Å²) < 4.78 is 65.3. The van der Waals surface area contributed by atoms with Crippen LogP contribution >= 0.6 is 11.6 Å². The maximum Gasteiger partial charge on any atom is 0.416 e. The molecule has 3 rings (SSSR count). The van der Waals surface area contributed by atoms with E-state index in [9.17, 15) is 31.2 Å². The van der Waals surface area contributed by atoms with Crippen LogP contribution in [-0.4, -0.2) is 50.0 Å². The van der Waals surface area contributed by atoms with Crippen LogP contribution in [0.15, 0.2) is 48.5 Å². The first-order chi connectivity index (χ1) is 18.3. The fourth-order valence-corrected chi connectivity index (χ4v) is 5.78. The second-order valence-corrected chi connectivity index (χ2v) is 12.1. The zero-order chi connectivity index (χ0) is 28.8. The van der Waals surface area contributed by atoms with E-state index in [-0.39, 0.29) is 43.6 Å². The quantitative estimate of drug-likeness (QED) is 0.382. The number of carbonyl (C=O) groups is 2. The molecule has 7 nitrogen and oxygen atoms in total. The van der Waals surface area contributed by atoms with Crippen LogP contribution in [0, 0.1) is 0 Å². The molecule has 2 aromatic carbocycles. The Balaban J connectivity index is 1.75. The summed E-state index contributed by atoms with van der Waals surface area (Å²) in [6.07, 6.45) is -0.0113. The Morgan fingerprint density at radius 1 is 1.10 bits per heavy atom. The van der Waals surface area contributed by atoms with E-state index in [1.54, 1.807) is 31.2 Å². The predicted molar refractivity (Wildman–Crippen MR) is 145 cm³/mol. The van der Waals surface area contributed by atoms with Gasteiger partial charge in [-0.25, -0.2) is 8.42 Å². The number of sulfonamides is 1. The van der Waals surface area contributed by atoms with Crippen LogP contribution in [0.25, 0.3) is 0 Å². The molecule has 39 heavy (non-hydrogen) atoms. The summed E-state index contributed by atoms with van der Waals surface area (Å²) >= 11 is 6.31. The minimum Gasteiger partial charge on any atom is -0.352 e. The third-order valence-corrected chi connectivity index (χ3v) is 8.34. The van der Waals surface area contributed by atoms with Crippen molar-refractivity contribution in [1.82, 2.24) is 10.2 Å². The number of nitrogens with zero attached hydrogens (tertiary/aromatic N) is 2. The number of hydrogen-bond donors (Lipinski definition) is 1. The average Bonchev–Trinajstić information content (AvgIpc) is 3.37. The summed E-state index contributed by atoms with van der Waals surface area (Å²) in [4.78, 5) is 27.8. The number of halogens is 4. The molecule has 214 valence electrons. The lowest BCUT2D eigenvalue weighted by Gasteiger charge is -2.30. The molecule has 0 radical (unpaired) electrons. The van der Waals surface area contributed by atoms with Crippen molar-refractivity contribution in [2.24, 2.45) is 0 Å². The Kier molecular flexibility index (Phi) is 10.3.